The van der Waals surface area contributed by atoms with Gasteiger partial charge >= 0.3 is 0 Å². The summed E-state index contributed by atoms with van der Waals surface area (Å²) in [6.45, 7) is 3.84. The van der Waals surface area contributed by atoms with Crippen LogP contribution in [0.2, 0.25) is 0 Å². The molecule has 0 saturated carbocycles. The van der Waals surface area contributed by atoms with Gasteiger partial charge in [0.15, 0.2) is 0 Å². The summed E-state index contributed by atoms with van der Waals surface area (Å²) in [5.74, 6) is 0.379. The van der Waals surface area contributed by atoms with Crippen molar-refractivity contribution in [2.45, 2.75) is 20.0 Å². The lowest BCUT2D eigenvalue weighted by Gasteiger charge is -2.17. The number of ether oxygens (including phenoxy) is 1. The van der Waals surface area contributed by atoms with Crippen LogP contribution in [-0.4, -0.2) is 10.8 Å². The van der Waals surface area contributed by atoms with Crippen molar-refractivity contribution in [3.8, 4) is 5.88 Å². The molecule has 1 heterocycles. The number of nitrogens with zero attached hydrogens (tertiary/aromatic N) is 1. The molecule has 0 radical (unpaired) electrons. The number of hydrogen-bond acceptors (Lipinski definition) is 3. The third-order valence-electron chi connectivity index (χ3n) is 2.95. The minimum Gasteiger partial charge on any atom is -0.469 e. The van der Waals surface area contributed by atoms with E-state index in [2.05, 4.69) is 4.98 Å². The molecule has 0 aliphatic rings. The molecule has 0 bridgehead atoms. The van der Waals surface area contributed by atoms with Crippen LogP contribution in [0.25, 0.3) is 0 Å². The summed E-state index contributed by atoms with van der Waals surface area (Å²) in [6, 6.07) is 11.7. The summed E-state index contributed by atoms with van der Waals surface area (Å²) in [6.07, 6.45) is 1.52. The largest absolute Gasteiger partial charge is 0.469 e. The van der Waals surface area contributed by atoms with E-state index >= 15 is 0 Å². The van der Waals surface area contributed by atoms with Gasteiger partial charge in [-0.1, -0.05) is 30.3 Å². The summed E-state index contributed by atoms with van der Waals surface area (Å²) in [5, 5.41) is 7.62. The van der Waals surface area contributed by atoms with Gasteiger partial charge < -0.3 is 10.5 Å². The van der Waals surface area contributed by atoms with Crippen LogP contribution in [0.4, 0.5) is 0 Å². The number of rotatable bonds is 4. The third kappa shape index (κ3) is 2.91. The topological polar surface area (TPSA) is 72.0 Å². The highest BCUT2D eigenvalue weighted by Crippen LogP contribution is 2.24. The molecule has 98 valence electrons. The maximum atomic E-state index is 7.62. The first kappa shape index (κ1) is 13.1. The zero-order valence-electron chi connectivity index (χ0n) is 11.1. The Morgan fingerprint density at radius 1 is 1.26 bits per heavy atom. The molecule has 2 rings (SSSR count). The summed E-state index contributed by atoms with van der Waals surface area (Å²) >= 11 is 0. The van der Waals surface area contributed by atoms with Crippen molar-refractivity contribution in [1.82, 2.24) is 4.98 Å². The van der Waals surface area contributed by atoms with Crippen molar-refractivity contribution >= 4 is 5.84 Å². The standard InChI is InChI=1S/C15H17N3O/c1-10-8-9-18-15(13(10)14(16)17)19-11(2)12-6-4-3-5-7-12/h3-9,11H,1-2H3,(H3,16,17). The van der Waals surface area contributed by atoms with Crippen LogP contribution in [0, 0.1) is 12.3 Å². The van der Waals surface area contributed by atoms with E-state index in [9.17, 15) is 0 Å². The Hall–Kier alpha value is -2.36. The number of aromatic nitrogens is 1. The molecule has 2 aromatic rings. The fourth-order valence-electron chi connectivity index (χ4n) is 1.91. The third-order valence-corrected chi connectivity index (χ3v) is 2.95. The predicted molar refractivity (Wildman–Crippen MR) is 75.5 cm³/mol. The highest BCUT2D eigenvalue weighted by Gasteiger charge is 2.15. The van der Waals surface area contributed by atoms with Gasteiger partial charge in [0.05, 0.1) is 5.56 Å². The van der Waals surface area contributed by atoms with E-state index in [4.69, 9.17) is 15.9 Å². The van der Waals surface area contributed by atoms with Crippen LogP contribution in [0.1, 0.15) is 29.7 Å². The molecular formula is C15H17N3O. The second kappa shape index (κ2) is 5.52. The quantitative estimate of drug-likeness (QED) is 0.651. The number of hydrogen-bond donors (Lipinski definition) is 2. The lowest BCUT2D eigenvalue weighted by molar-refractivity contribution is 0.217. The highest BCUT2D eigenvalue weighted by atomic mass is 16.5. The number of amidine groups is 1. The Kier molecular flexibility index (Phi) is 3.80. The van der Waals surface area contributed by atoms with Crippen molar-refractivity contribution in [3.63, 3.8) is 0 Å². The molecule has 1 atom stereocenters. The van der Waals surface area contributed by atoms with Crippen molar-refractivity contribution in [1.29, 1.82) is 5.41 Å². The van der Waals surface area contributed by atoms with Crippen LogP contribution in [0.15, 0.2) is 42.6 Å². The zero-order chi connectivity index (χ0) is 13.8. The molecule has 0 amide bonds. The van der Waals surface area contributed by atoms with Gasteiger partial charge in [0.1, 0.15) is 11.9 Å². The number of nitrogens with two attached hydrogens (primary N) is 1. The van der Waals surface area contributed by atoms with Crippen LogP contribution in [0.5, 0.6) is 5.88 Å². The zero-order valence-corrected chi connectivity index (χ0v) is 11.1. The Bertz CT molecular complexity index is 581. The first-order valence-electron chi connectivity index (χ1n) is 6.11. The Balaban J connectivity index is 2.29. The number of aryl methyl sites for hydroxylation is 1. The average molecular weight is 255 g/mol. The summed E-state index contributed by atoms with van der Waals surface area (Å²) in [5.41, 5.74) is 8.10. The van der Waals surface area contributed by atoms with Gasteiger partial charge in [-0.05, 0) is 31.0 Å². The van der Waals surface area contributed by atoms with Crippen molar-refractivity contribution in [3.05, 3.63) is 59.3 Å². The highest BCUT2D eigenvalue weighted by molar-refractivity contribution is 5.98. The van der Waals surface area contributed by atoms with Gasteiger partial charge in [-0.3, -0.25) is 5.41 Å². The fourth-order valence-corrected chi connectivity index (χ4v) is 1.91. The molecule has 0 aliphatic heterocycles. The molecule has 0 aliphatic carbocycles. The minimum atomic E-state index is -0.145. The van der Waals surface area contributed by atoms with Crippen LogP contribution >= 0.6 is 0 Å². The average Bonchev–Trinajstić information content (AvgIpc) is 2.39. The van der Waals surface area contributed by atoms with Crippen LogP contribution in [0.3, 0.4) is 0 Å². The number of nitrogen functional groups attached to an aromatic ring is 1. The van der Waals surface area contributed by atoms with Gasteiger partial charge in [0.25, 0.3) is 0 Å². The molecule has 19 heavy (non-hydrogen) atoms. The van der Waals surface area contributed by atoms with Crippen molar-refractivity contribution in [2.75, 3.05) is 0 Å². The molecular weight excluding hydrogens is 238 g/mol. The van der Waals surface area contributed by atoms with E-state index < -0.39 is 0 Å². The maximum absolute atomic E-state index is 7.62. The minimum absolute atomic E-state index is 0.0270. The summed E-state index contributed by atoms with van der Waals surface area (Å²) in [7, 11) is 0. The number of benzene rings is 1. The Labute approximate surface area is 112 Å². The van der Waals surface area contributed by atoms with E-state index in [1.54, 1.807) is 6.20 Å². The molecule has 1 unspecified atom stereocenters. The predicted octanol–water partition coefficient (Wildman–Crippen LogP) is 2.81. The summed E-state index contributed by atoms with van der Waals surface area (Å²) in [4.78, 5) is 4.18. The molecule has 3 N–H and O–H groups in total. The van der Waals surface area contributed by atoms with E-state index in [1.165, 1.54) is 0 Å². The molecule has 0 fully saturated rings. The summed E-state index contributed by atoms with van der Waals surface area (Å²) < 4.78 is 5.84. The fraction of sp³-hybridized carbons (Fsp3) is 0.200. The molecule has 0 saturated heterocycles. The molecule has 0 spiro atoms. The van der Waals surface area contributed by atoms with Crippen molar-refractivity contribution < 1.29 is 4.74 Å². The van der Waals surface area contributed by atoms with Crippen LogP contribution in [-0.2, 0) is 0 Å². The molecule has 1 aromatic heterocycles. The van der Waals surface area contributed by atoms with E-state index in [0.29, 0.717) is 11.4 Å². The first-order chi connectivity index (χ1) is 9.09. The number of pyridine rings is 1. The molecule has 1 aromatic carbocycles. The van der Waals surface area contributed by atoms with Crippen LogP contribution < -0.4 is 10.5 Å². The lowest BCUT2D eigenvalue weighted by Crippen LogP contribution is -2.16. The Morgan fingerprint density at radius 2 is 1.95 bits per heavy atom. The maximum Gasteiger partial charge on any atom is 0.225 e. The second-order valence-corrected chi connectivity index (χ2v) is 4.39. The van der Waals surface area contributed by atoms with Gasteiger partial charge in [0, 0.05) is 6.20 Å². The van der Waals surface area contributed by atoms with Gasteiger partial charge in [-0.2, -0.15) is 0 Å². The monoisotopic (exact) mass is 255 g/mol. The number of nitrogens with one attached hydrogen (secondary N) is 1. The first-order valence-corrected chi connectivity index (χ1v) is 6.11. The second-order valence-electron chi connectivity index (χ2n) is 4.39. The Morgan fingerprint density at radius 3 is 2.58 bits per heavy atom. The van der Waals surface area contributed by atoms with Crippen molar-refractivity contribution in [2.24, 2.45) is 5.73 Å². The molecule has 4 heteroatoms. The smallest absolute Gasteiger partial charge is 0.225 e. The normalized spacial score (nSPS) is 11.9. The van der Waals surface area contributed by atoms with E-state index in [-0.39, 0.29) is 11.9 Å². The van der Waals surface area contributed by atoms with E-state index in [1.807, 2.05) is 50.2 Å². The lowest BCUT2D eigenvalue weighted by atomic mass is 10.1. The van der Waals surface area contributed by atoms with Gasteiger partial charge in [-0.15, -0.1) is 0 Å². The van der Waals surface area contributed by atoms with E-state index in [0.717, 1.165) is 11.1 Å². The van der Waals surface area contributed by atoms with Gasteiger partial charge in [0.2, 0.25) is 5.88 Å². The SMILES string of the molecule is Cc1ccnc(OC(C)c2ccccc2)c1C(=N)N. The molecule has 4 nitrogen and oxygen atoms in total. The van der Waals surface area contributed by atoms with Gasteiger partial charge in [-0.25, -0.2) is 4.98 Å².